The van der Waals surface area contributed by atoms with Crippen LogP contribution in [0.1, 0.15) is 27.7 Å². The first-order valence-electron chi connectivity index (χ1n) is 6.50. The topological polar surface area (TPSA) is 55.2 Å². The van der Waals surface area contributed by atoms with Crippen molar-refractivity contribution >= 4 is 27.3 Å². The fourth-order valence-corrected chi connectivity index (χ4v) is 2.74. The van der Waals surface area contributed by atoms with E-state index in [1.54, 1.807) is 6.07 Å². The molecule has 0 saturated heterocycles. The summed E-state index contributed by atoms with van der Waals surface area (Å²) in [7, 11) is 0. The maximum Gasteiger partial charge on any atom is 0.270 e. The minimum atomic E-state index is -0.389. The monoisotopic (exact) mass is 328 g/mol. The standard InChI is InChI=1S/C14H21BrN2O2/c1-9(2)12(10(3)4)8-16-14-6-5-11(17(18)19)7-13(14)15/h5-7,9-10,12,16H,8H2,1-4H3. The number of nitrogens with zero attached hydrogens (tertiary/aromatic N) is 1. The van der Waals surface area contributed by atoms with Crippen LogP contribution in [0.2, 0.25) is 0 Å². The van der Waals surface area contributed by atoms with Crippen molar-refractivity contribution in [1.29, 1.82) is 0 Å². The van der Waals surface area contributed by atoms with Gasteiger partial charge in [0.05, 0.1) is 4.92 Å². The molecule has 1 aromatic rings. The van der Waals surface area contributed by atoms with Crippen LogP contribution in [0.4, 0.5) is 11.4 Å². The summed E-state index contributed by atoms with van der Waals surface area (Å²) in [5.74, 6) is 1.77. The molecule has 5 heteroatoms. The smallest absolute Gasteiger partial charge is 0.270 e. The third kappa shape index (κ3) is 4.49. The van der Waals surface area contributed by atoms with Crippen LogP contribution in [-0.4, -0.2) is 11.5 Å². The van der Waals surface area contributed by atoms with Crippen molar-refractivity contribution in [2.45, 2.75) is 27.7 Å². The van der Waals surface area contributed by atoms with Gasteiger partial charge in [-0.2, -0.15) is 0 Å². The number of benzene rings is 1. The maximum absolute atomic E-state index is 10.7. The number of hydrogen-bond acceptors (Lipinski definition) is 3. The molecule has 0 aliphatic rings. The molecule has 0 atom stereocenters. The molecule has 0 heterocycles. The fraction of sp³-hybridized carbons (Fsp3) is 0.571. The van der Waals surface area contributed by atoms with Crippen molar-refractivity contribution in [3.05, 3.63) is 32.8 Å². The first kappa shape index (κ1) is 16.0. The van der Waals surface area contributed by atoms with Crippen LogP contribution in [-0.2, 0) is 0 Å². The zero-order valence-corrected chi connectivity index (χ0v) is 13.4. The first-order chi connectivity index (χ1) is 8.82. The van der Waals surface area contributed by atoms with Gasteiger partial charge in [-0.25, -0.2) is 0 Å². The Hall–Kier alpha value is -1.10. The molecular weight excluding hydrogens is 308 g/mol. The Morgan fingerprint density at radius 1 is 1.26 bits per heavy atom. The molecule has 0 fully saturated rings. The van der Waals surface area contributed by atoms with Gasteiger partial charge in [0.15, 0.2) is 0 Å². The van der Waals surface area contributed by atoms with Crippen LogP contribution < -0.4 is 5.32 Å². The van der Waals surface area contributed by atoms with E-state index < -0.39 is 0 Å². The van der Waals surface area contributed by atoms with Crippen LogP contribution >= 0.6 is 15.9 Å². The molecule has 0 aromatic heterocycles. The summed E-state index contributed by atoms with van der Waals surface area (Å²) in [5, 5.41) is 14.0. The van der Waals surface area contributed by atoms with Gasteiger partial charge in [0.25, 0.3) is 5.69 Å². The molecule has 1 rings (SSSR count). The summed E-state index contributed by atoms with van der Waals surface area (Å²) in [4.78, 5) is 10.3. The van der Waals surface area contributed by atoms with Crippen molar-refractivity contribution in [1.82, 2.24) is 0 Å². The van der Waals surface area contributed by atoms with E-state index in [4.69, 9.17) is 0 Å². The average Bonchev–Trinajstić information content (AvgIpc) is 2.29. The van der Waals surface area contributed by atoms with E-state index in [9.17, 15) is 10.1 Å². The molecule has 0 bridgehead atoms. The Labute approximate surface area is 122 Å². The Morgan fingerprint density at radius 3 is 2.26 bits per heavy atom. The fourth-order valence-electron chi connectivity index (χ4n) is 2.23. The minimum absolute atomic E-state index is 0.0988. The van der Waals surface area contributed by atoms with Crippen molar-refractivity contribution in [2.75, 3.05) is 11.9 Å². The predicted molar refractivity (Wildman–Crippen MR) is 82.5 cm³/mol. The lowest BCUT2D eigenvalue weighted by molar-refractivity contribution is -0.384. The van der Waals surface area contributed by atoms with E-state index in [1.807, 2.05) is 0 Å². The van der Waals surface area contributed by atoms with Gasteiger partial charge in [0.2, 0.25) is 0 Å². The third-order valence-corrected chi connectivity index (χ3v) is 4.06. The summed E-state index contributed by atoms with van der Waals surface area (Å²) in [6.45, 7) is 9.74. The summed E-state index contributed by atoms with van der Waals surface area (Å²) in [6, 6.07) is 4.80. The maximum atomic E-state index is 10.7. The zero-order chi connectivity index (χ0) is 14.6. The van der Waals surface area contributed by atoms with Gasteiger partial charge in [-0.05, 0) is 39.8 Å². The van der Waals surface area contributed by atoms with Crippen molar-refractivity contribution in [3.8, 4) is 0 Å². The van der Waals surface area contributed by atoms with Crippen molar-refractivity contribution in [2.24, 2.45) is 17.8 Å². The van der Waals surface area contributed by atoms with Gasteiger partial charge in [-0.1, -0.05) is 27.7 Å². The molecule has 0 spiro atoms. The Bertz CT molecular complexity index is 439. The van der Waals surface area contributed by atoms with E-state index in [1.165, 1.54) is 12.1 Å². The second kappa shape index (κ2) is 6.89. The SMILES string of the molecule is CC(C)C(CNc1ccc([N+](=O)[O-])cc1Br)C(C)C. The van der Waals surface area contributed by atoms with Crippen LogP contribution in [0.25, 0.3) is 0 Å². The van der Waals surface area contributed by atoms with Crippen molar-refractivity contribution < 1.29 is 4.92 Å². The van der Waals surface area contributed by atoms with E-state index >= 15 is 0 Å². The second-order valence-electron chi connectivity index (χ2n) is 5.45. The summed E-state index contributed by atoms with van der Waals surface area (Å²) in [5.41, 5.74) is 0.999. The average molecular weight is 329 g/mol. The van der Waals surface area contributed by atoms with Gasteiger partial charge in [0.1, 0.15) is 0 Å². The van der Waals surface area contributed by atoms with Crippen LogP contribution in [0.5, 0.6) is 0 Å². The highest BCUT2D eigenvalue weighted by Gasteiger charge is 2.18. The second-order valence-corrected chi connectivity index (χ2v) is 6.31. The Kier molecular flexibility index (Phi) is 5.79. The lowest BCUT2D eigenvalue weighted by Gasteiger charge is -2.25. The summed E-state index contributed by atoms with van der Waals surface area (Å²) < 4.78 is 0.730. The van der Waals surface area contributed by atoms with E-state index in [0.717, 1.165) is 16.7 Å². The largest absolute Gasteiger partial charge is 0.384 e. The molecule has 106 valence electrons. The molecule has 4 nitrogen and oxygen atoms in total. The highest BCUT2D eigenvalue weighted by molar-refractivity contribution is 9.10. The van der Waals surface area contributed by atoms with Crippen LogP contribution in [0.3, 0.4) is 0 Å². The number of hydrogen-bond donors (Lipinski definition) is 1. The molecule has 0 saturated carbocycles. The van der Waals surface area contributed by atoms with Gasteiger partial charge < -0.3 is 5.32 Å². The summed E-state index contributed by atoms with van der Waals surface area (Å²) in [6.07, 6.45) is 0. The zero-order valence-electron chi connectivity index (χ0n) is 11.8. The first-order valence-corrected chi connectivity index (χ1v) is 7.30. The number of non-ortho nitro benzene ring substituents is 1. The Balaban J connectivity index is 2.75. The quantitative estimate of drug-likeness (QED) is 0.608. The number of rotatable bonds is 6. The van der Waals surface area contributed by atoms with Crippen molar-refractivity contribution in [3.63, 3.8) is 0 Å². The lowest BCUT2D eigenvalue weighted by Crippen LogP contribution is -2.24. The molecule has 0 aliphatic heterocycles. The van der Waals surface area contributed by atoms with Gasteiger partial charge in [-0.15, -0.1) is 0 Å². The molecular formula is C14H21BrN2O2. The van der Waals surface area contributed by atoms with E-state index in [-0.39, 0.29) is 10.6 Å². The highest BCUT2D eigenvalue weighted by Crippen LogP contribution is 2.28. The number of anilines is 1. The van der Waals surface area contributed by atoms with Crippen LogP contribution in [0.15, 0.2) is 22.7 Å². The predicted octanol–water partition coefficient (Wildman–Crippen LogP) is 4.70. The lowest BCUT2D eigenvalue weighted by atomic mass is 9.85. The molecule has 0 aliphatic carbocycles. The minimum Gasteiger partial charge on any atom is -0.384 e. The molecule has 1 aromatic carbocycles. The van der Waals surface area contributed by atoms with Gasteiger partial charge >= 0.3 is 0 Å². The molecule has 0 unspecified atom stereocenters. The van der Waals surface area contributed by atoms with Crippen LogP contribution in [0, 0.1) is 27.9 Å². The van der Waals surface area contributed by atoms with E-state index in [0.29, 0.717) is 17.8 Å². The number of halogens is 1. The Morgan fingerprint density at radius 2 is 1.84 bits per heavy atom. The summed E-state index contributed by atoms with van der Waals surface area (Å²) >= 11 is 3.37. The number of nitrogens with one attached hydrogen (secondary N) is 1. The molecule has 0 amide bonds. The molecule has 0 radical (unpaired) electrons. The normalized spacial score (nSPS) is 11.4. The molecule has 19 heavy (non-hydrogen) atoms. The van der Waals surface area contributed by atoms with Gasteiger partial charge in [0, 0.05) is 28.8 Å². The number of nitro groups is 1. The van der Waals surface area contributed by atoms with Gasteiger partial charge in [-0.3, -0.25) is 10.1 Å². The molecule has 1 N–H and O–H groups in total. The highest BCUT2D eigenvalue weighted by atomic mass is 79.9. The number of nitro benzene ring substituents is 1. The third-order valence-electron chi connectivity index (χ3n) is 3.40. The van der Waals surface area contributed by atoms with E-state index in [2.05, 4.69) is 48.9 Å².